The number of alkyl halides is 1. The summed E-state index contributed by atoms with van der Waals surface area (Å²) in [6.07, 6.45) is 0.630. The average molecular weight is 258 g/mol. The molecule has 4 nitrogen and oxygen atoms in total. The van der Waals surface area contributed by atoms with Gasteiger partial charge in [-0.1, -0.05) is 0 Å². The van der Waals surface area contributed by atoms with Crippen molar-refractivity contribution >= 4 is 17.5 Å². The number of carbonyl (C=O) groups is 1. The van der Waals surface area contributed by atoms with E-state index in [0.717, 1.165) is 0 Å². The molecule has 0 heterocycles. The predicted octanol–water partition coefficient (Wildman–Crippen LogP) is 2.24. The monoisotopic (exact) mass is 257 g/mol. The molecule has 0 atom stereocenters. The van der Waals surface area contributed by atoms with Gasteiger partial charge in [0.15, 0.2) is 0 Å². The molecule has 0 radical (unpaired) electrons. The van der Waals surface area contributed by atoms with Crippen LogP contribution in [0.3, 0.4) is 0 Å². The standard InChI is InChI=1S/C12H16ClNO3/c1-12(2,3-4-13)14-11(17)8-5-9(15)7-10(16)6-8/h5-7,15-16H,3-4H2,1-2H3,(H,14,17). The van der Waals surface area contributed by atoms with Gasteiger partial charge in [0.25, 0.3) is 5.91 Å². The second-order valence-corrected chi connectivity index (χ2v) is 4.89. The summed E-state index contributed by atoms with van der Waals surface area (Å²) in [4.78, 5) is 11.9. The quantitative estimate of drug-likeness (QED) is 0.725. The van der Waals surface area contributed by atoms with Crippen molar-refractivity contribution in [3.63, 3.8) is 0 Å². The minimum atomic E-state index is -0.431. The third-order valence-electron chi connectivity index (χ3n) is 2.34. The van der Waals surface area contributed by atoms with Gasteiger partial charge in [0.05, 0.1) is 0 Å². The second kappa shape index (κ2) is 5.27. The largest absolute Gasteiger partial charge is 0.508 e. The lowest BCUT2D eigenvalue weighted by molar-refractivity contribution is 0.0911. The molecule has 5 heteroatoms. The normalized spacial score (nSPS) is 11.2. The fourth-order valence-corrected chi connectivity index (χ4v) is 1.88. The van der Waals surface area contributed by atoms with Crippen LogP contribution in [0.25, 0.3) is 0 Å². The smallest absolute Gasteiger partial charge is 0.251 e. The van der Waals surface area contributed by atoms with Gasteiger partial charge >= 0.3 is 0 Å². The molecule has 94 valence electrons. The Labute approximate surface area is 105 Å². The zero-order valence-electron chi connectivity index (χ0n) is 9.83. The minimum absolute atomic E-state index is 0.148. The first-order chi connectivity index (χ1) is 7.84. The van der Waals surface area contributed by atoms with Crippen molar-refractivity contribution in [1.29, 1.82) is 0 Å². The van der Waals surface area contributed by atoms with E-state index in [1.54, 1.807) is 0 Å². The maximum absolute atomic E-state index is 11.9. The van der Waals surface area contributed by atoms with Crippen LogP contribution in [-0.4, -0.2) is 27.5 Å². The van der Waals surface area contributed by atoms with Gasteiger partial charge in [-0.05, 0) is 32.4 Å². The number of rotatable bonds is 4. The molecule has 0 bridgehead atoms. The lowest BCUT2D eigenvalue weighted by atomic mass is 10.0. The lowest BCUT2D eigenvalue weighted by Crippen LogP contribution is -2.43. The van der Waals surface area contributed by atoms with Crippen molar-refractivity contribution in [2.75, 3.05) is 5.88 Å². The molecule has 0 saturated heterocycles. The van der Waals surface area contributed by atoms with Crippen LogP contribution in [0.2, 0.25) is 0 Å². The van der Waals surface area contributed by atoms with Gasteiger partial charge in [-0.3, -0.25) is 4.79 Å². The first-order valence-electron chi connectivity index (χ1n) is 5.25. The highest BCUT2D eigenvalue weighted by molar-refractivity contribution is 6.17. The van der Waals surface area contributed by atoms with Crippen LogP contribution >= 0.6 is 11.6 Å². The van der Waals surface area contributed by atoms with E-state index in [1.807, 2.05) is 13.8 Å². The van der Waals surface area contributed by atoms with Gasteiger partial charge < -0.3 is 15.5 Å². The number of phenols is 2. The highest BCUT2D eigenvalue weighted by Gasteiger charge is 2.20. The Balaban J connectivity index is 2.83. The van der Waals surface area contributed by atoms with Crippen LogP contribution in [0, 0.1) is 0 Å². The van der Waals surface area contributed by atoms with Crippen molar-refractivity contribution in [3.8, 4) is 11.5 Å². The summed E-state index contributed by atoms with van der Waals surface area (Å²) in [5, 5.41) is 21.3. The van der Waals surface area contributed by atoms with Gasteiger partial charge in [-0.15, -0.1) is 11.6 Å². The molecular weight excluding hydrogens is 242 g/mol. The van der Waals surface area contributed by atoms with Gasteiger partial charge in [0.2, 0.25) is 0 Å². The van der Waals surface area contributed by atoms with Crippen molar-refractivity contribution < 1.29 is 15.0 Å². The van der Waals surface area contributed by atoms with Gasteiger partial charge in [-0.2, -0.15) is 0 Å². The molecule has 1 amide bonds. The highest BCUT2D eigenvalue weighted by Crippen LogP contribution is 2.21. The number of benzene rings is 1. The van der Waals surface area contributed by atoms with E-state index in [2.05, 4.69) is 5.32 Å². The number of aromatic hydroxyl groups is 2. The van der Waals surface area contributed by atoms with Crippen molar-refractivity contribution in [1.82, 2.24) is 5.32 Å². The summed E-state index contributed by atoms with van der Waals surface area (Å²) in [5.41, 5.74) is -0.218. The summed E-state index contributed by atoms with van der Waals surface area (Å²) in [6.45, 7) is 3.71. The Kier molecular flexibility index (Phi) is 4.23. The van der Waals surface area contributed by atoms with Crippen LogP contribution in [0.1, 0.15) is 30.6 Å². The number of hydrogen-bond donors (Lipinski definition) is 3. The van der Waals surface area contributed by atoms with E-state index in [1.165, 1.54) is 18.2 Å². The first-order valence-corrected chi connectivity index (χ1v) is 5.79. The zero-order chi connectivity index (χ0) is 13.1. The molecule has 1 aromatic rings. The van der Waals surface area contributed by atoms with E-state index in [9.17, 15) is 15.0 Å². The number of carbonyl (C=O) groups excluding carboxylic acids is 1. The van der Waals surface area contributed by atoms with Gasteiger partial charge in [0.1, 0.15) is 11.5 Å². The predicted molar refractivity (Wildman–Crippen MR) is 66.7 cm³/mol. The third-order valence-corrected chi connectivity index (χ3v) is 2.53. The fraction of sp³-hybridized carbons (Fsp3) is 0.417. The van der Waals surface area contributed by atoms with E-state index in [0.29, 0.717) is 12.3 Å². The topological polar surface area (TPSA) is 69.6 Å². The molecular formula is C12H16ClNO3. The average Bonchev–Trinajstić information content (AvgIpc) is 2.14. The number of halogens is 1. The van der Waals surface area contributed by atoms with Crippen molar-refractivity contribution in [3.05, 3.63) is 23.8 Å². The molecule has 17 heavy (non-hydrogen) atoms. The molecule has 0 aliphatic heterocycles. The van der Waals surface area contributed by atoms with Crippen LogP contribution in [0.15, 0.2) is 18.2 Å². The second-order valence-electron chi connectivity index (χ2n) is 4.52. The van der Waals surface area contributed by atoms with Gasteiger partial charge in [0, 0.05) is 23.0 Å². The number of nitrogens with one attached hydrogen (secondary N) is 1. The Hall–Kier alpha value is -1.42. The lowest BCUT2D eigenvalue weighted by Gasteiger charge is -2.25. The summed E-state index contributed by atoms with van der Waals surface area (Å²) >= 11 is 5.63. The molecule has 0 spiro atoms. The van der Waals surface area contributed by atoms with E-state index in [4.69, 9.17) is 11.6 Å². The zero-order valence-corrected chi connectivity index (χ0v) is 10.6. The summed E-state index contributed by atoms with van der Waals surface area (Å²) in [7, 11) is 0. The third kappa shape index (κ3) is 4.15. The first kappa shape index (κ1) is 13.6. The van der Waals surface area contributed by atoms with Crippen LogP contribution in [0.5, 0.6) is 11.5 Å². The summed E-state index contributed by atoms with van der Waals surface area (Å²) in [6, 6.07) is 3.76. The molecule has 0 aliphatic rings. The minimum Gasteiger partial charge on any atom is -0.508 e. The highest BCUT2D eigenvalue weighted by atomic mass is 35.5. The van der Waals surface area contributed by atoms with Crippen molar-refractivity contribution in [2.24, 2.45) is 0 Å². The van der Waals surface area contributed by atoms with Crippen LogP contribution < -0.4 is 5.32 Å². The van der Waals surface area contributed by atoms with Crippen LogP contribution in [0.4, 0.5) is 0 Å². The fourth-order valence-electron chi connectivity index (χ4n) is 1.40. The van der Waals surface area contributed by atoms with E-state index in [-0.39, 0.29) is 23.0 Å². The Bertz CT molecular complexity index is 398. The van der Waals surface area contributed by atoms with Crippen LogP contribution in [-0.2, 0) is 0 Å². The SMILES string of the molecule is CC(C)(CCCl)NC(=O)c1cc(O)cc(O)c1. The molecule has 0 unspecified atom stereocenters. The van der Waals surface area contributed by atoms with Gasteiger partial charge in [-0.25, -0.2) is 0 Å². The maximum atomic E-state index is 11.9. The maximum Gasteiger partial charge on any atom is 0.251 e. The number of hydrogen-bond acceptors (Lipinski definition) is 3. The molecule has 3 N–H and O–H groups in total. The molecule has 0 aliphatic carbocycles. The van der Waals surface area contributed by atoms with E-state index >= 15 is 0 Å². The summed E-state index contributed by atoms with van der Waals surface area (Å²) < 4.78 is 0. The molecule has 0 aromatic heterocycles. The summed E-state index contributed by atoms with van der Waals surface area (Å²) in [5.74, 6) is -0.208. The Morgan fingerprint density at radius 2 is 1.82 bits per heavy atom. The van der Waals surface area contributed by atoms with Crippen molar-refractivity contribution in [2.45, 2.75) is 25.8 Å². The molecule has 1 rings (SSSR count). The Morgan fingerprint density at radius 1 is 1.29 bits per heavy atom. The number of phenolic OH excluding ortho intramolecular Hbond substituents is 2. The molecule has 0 saturated carbocycles. The molecule has 1 aromatic carbocycles. The molecule has 0 fully saturated rings. The van der Waals surface area contributed by atoms with E-state index < -0.39 is 5.54 Å². The number of amides is 1. The Morgan fingerprint density at radius 3 is 2.29 bits per heavy atom.